The van der Waals surface area contributed by atoms with Gasteiger partial charge in [-0.25, -0.2) is 4.79 Å². The summed E-state index contributed by atoms with van der Waals surface area (Å²) in [7, 11) is 1.55. The first kappa shape index (κ1) is 15.6. The van der Waals surface area contributed by atoms with Crippen molar-refractivity contribution in [3.05, 3.63) is 66.0 Å². The lowest BCUT2D eigenvalue weighted by atomic mass is 10.1. The van der Waals surface area contributed by atoms with Gasteiger partial charge < -0.3 is 9.47 Å². The number of ether oxygens (including phenoxy) is 2. The fourth-order valence-electron chi connectivity index (χ4n) is 2.16. The molecule has 1 heterocycles. The molecule has 2 aromatic carbocycles. The monoisotopic (exact) mass is 322 g/mol. The summed E-state index contributed by atoms with van der Waals surface area (Å²) in [6.45, 7) is -0.330. The van der Waals surface area contributed by atoms with Gasteiger partial charge in [0.15, 0.2) is 12.4 Å². The predicted molar refractivity (Wildman–Crippen MR) is 87.1 cm³/mol. The van der Waals surface area contributed by atoms with Crippen LogP contribution in [0.5, 0.6) is 5.75 Å². The quantitative estimate of drug-likeness (QED) is 0.531. The van der Waals surface area contributed by atoms with Crippen LogP contribution in [0.3, 0.4) is 0 Å². The normalized spacial score (nSPS) is 10.4. The van der Waals surface area contributed by atoms with Gasteiger partial charge in [0.1, 0.15) is 5.75 Å². The van der Waals surface area contributed by atoms with Crippen molar-refractivity contribution in [2.75, 3.05) is 13.7 Å². The maximum atomic E-state index is 12.1. The van der Waals surface area contributed by atoms with Crippen LogP contribution in [-0.2, 0) is 4.74 Å². The molecule has 0 spiro atoms. The number of esters is 1. The Morgan fingerprint density at radius 3 is 2.29 bits per heavy atom. The maximum Gasteiger partial charge on any atom is 0.338 e. The molecule has 0 atom stereocenters. The summed E-state index contributed by atoms with van der Waals surface area (Å²) < 4.78 is 10.1. The third-order valence-electron chi connectivity index (χ3n) is 3.45. The number of Topliss-reactive ketones (excluding diaryl/α,β-unsaturated/α-hetero) is 1. The molecule has 0 saturated heterocycles. The van der Waals surface area contributed by atoms with E-state index in [1.54, 1.807) is 62.0 Å². The minimum atomic E-state index is -0.579. The molecule has 0 N–H and O–H groups in total. The van der Waals surface area contributed by atoms with Gasteiger partial charge >= 0.3 is 5.97 Å². The van der Waals surface area contributed by atoms with Gasteiger partial charge in [0.25, 0.3) is 0 Å². The standard InChI is InChI=1S/C18H14N2O4/c1-23-14-5-2-12(3-6-14)17(21)11-24-18(22)13-4-7-15-16(10-13)20-9-8-19-15/h2-10H,11H2,1H3. The fourth-order valence-corrected chi connectivity index (χ4v) is 2.16. The molecular weight excluding hydrogens is 308 g/mol. The van der Waals surface area contributed by atoms with Crippen LogP contribution in [0, 0.1) is 0 Å². The molecule has 0 aliphatic carbocycles. The van der Waals surface area contributed by atoms with Gasteiger partial charge in [-0.05, 0) is 42.5 Å². The molecule has 3 aromatic rings. The molecule has 0 amide bonds. The van der Waals surface area contributed by atoms with E-state index in [0.717, 1.165) is 0 Å². The van der Waals surface area contributed by atoms with Crippen LogP contribution in [0.1, 0.15) is 20.7 Å². The van der Waals surface area contributed by atoms with Crippen molar-refractivity contribution in [2.45, 2.75) is 0 Å². The zero-order chi connectivity index (χ0) is 16.9. The first-order chi connectivity index (χ1) is 11.7. The molecule has 0 saturated carbocycles. The van der Waals surface area contributed by atoms with Gasteiger partial charge in [-0.15, -0.1) is 0 Å². The van der Waals surface area contributed by atoms with Gasteiger partial charge in [-0.3, -0.25) is 14.8 Å². The van der Waals surface area contributed by atoms with E-state index in [9.17, 15) is 9.59 Å². The average Bonchev–Trinajstić information content (AvgIpc) is 2.65. The van der Waals surface area contributed by atoms with Crippen molar-refractivity contribution in [2.24, 2.45) is 0 Å². The van der Waals surface area contributed by atoms with Gasteiger partial charge in [0.05, 0.1) is 23.7 Å². The number of hydrogen-bond donors (Lipinski definition) is 0. The molecule has 6 heteroatoms. The molecule has 120 valence electrons. The van der Waals surface area contributed by atoms with Crippen LogP contribution < -0.4 is 4.74 Å². The molecular formula is C18H14N2O4. The van der Waals surface area contributed by atoms with Crippen molar-refractivity contribution < 1.29 is 19.1 Å². The highest BCUT2D eigenvalue weighted by Crippen LogP contribution is 2.14. The largest absolute Gasteiger partial charge is 0.497 e. The molecule has 0 fully saturated rings. The Bertz CT molecular complexity index is 891. The molecule has 0 bridgehead atoms. The van der Waals surface area contributed by atoms with Gasteiger partial charge in [-0.1, -0.05) is 0 Å². The van der Waals surface area contributed by atoms with E-state index in [0.29, 0.717) is 27.9 Å². The summed E-state index contributed by atoms with van der Waals surface area (Å²) in [6.07, 6.45) is 3.12. The summed E-state index contributed by atoms with van der Waals surface area (Å²) in [4.78, 5) is 32.4. The van der Waals surface area contributed by atoms with E-state index in [4.69, 9.17) is 9.47 Å². The second kappa shape index (κ2) is 6.87. The number of nitrogens with zero attached hydrogens (tertiary/aromatic N) is 2. The second-order valence-electron chi connectivity index (χ2n) is 4.99. The smallest absolute Gasteiger partial charge is 0.338 e. The number of methoxy groups -OCH3 is 1. The maximum absolute atomic E-state index is 12.1. The van der Waals surface area contributed by atoms with Crippen molar-refractivity contribution in [1.82, 2.24) is 9.97 Å². The second-order valence-corrected chi connectivity index (χ2v) is 4.99. The van der Waals surface area contributed by atoms with E-state index < -0.39 is 5.97 Å². The number of benzene rings is 2. The average molecular weight is 322 g/mol. The van der Waals surface area contributed by atoms with Crippen molar-refractivity contribution in [1.29, 1.82) is 0 Å². The van der Waals surface area contributed by atoms with Crippen molar-refractivity contribution >= 4 is 22.8 Å². The third-order valence-corrected chi connectivity index (χ3v) is 3.45. The van der Waals surface area contributed by atoms with E-state index >= 15 is 0 Å². The number of aromatic nitrogens is 2. The first-order valence-corrected chi connectivity index (χ1v) is 7.22. The Balaban J connectivity index is 1.66. The molecule has 6 nitrogen and oxygen atoms in total. The Morgan fingerprint density at radius 2 is 1.58 bits per heavy atom. The molecule has 0 radical (unpaired) electrons. The van der Waals surface area contributed by atoms with Crippen LogP contribution in [0.4, 0.5) is 0 Å². The summed E-state index contributed by atoms with van der Waals surface area (Å²) in [5.41, 5.74) is 2.05. The zero-order valence-electron chi connectivity index (χ0n) is 12.9. The number of hydrogen-bond acceptors (Lipinski definition) is 6. The van der Waals surface area contributed by atoms with E-state index in [2.05, 4.69) is 9.97 Å². The predicted octanol–water partition coefficient (Wildman–Crippen LogP) is 2.68. The molecule has 0 aliphatic heterocycles. The Morgan fingerprint density at radius 1 is 0.917 bits per heavy atom. The number of carbonyl (C=O) groups excluding carboxylic acids is 2. The Labute approximate surface area is 138 Å². The lowest BCUT2D eigenvalue weighted by molar-refractivity contribution is 0.0475. The van der Waals surface area contributed by atoms with E-state index in [1.807, 2.05) is 0 Å². The fraction of sp³-hybridized carbons (Fsp3) is 0.111. The highest BCUT2D eigenvalue weighted by Gasteiger charge is 2.13. The zero-order valence-corrected chi connectivity index (χ0v) is 12.9. The van der Waals surface area contributed by atoms with Crippen LogP contribution in [-0.4, -0.2) is 35.4 Å². The summed E-state index contributed by atoms with van der Waals surface area (Å²) in [5.74, 6) is -0.211. The number of ketones is 1. The summed E-state index contributed by atoms with van der Waals surface area (Å²) >= 11 is 0. The molecule has 0 unspecified atom stereocenters. The summed E-state index contributed by atoms with van der Waals surface area (Å²) in [5, 5.41) is 0. The van der Waals surface area contributed by atoms with Gasteiger partial charge in [-0.2, -0.15) is 0 Å². The number of fused-ring (bicyclic) bond motifs is 1. The Hall–Kier alpha value is -3.28. The number of carbonyl (C=O) groups is 2. The Kier molecular flexibility index (Phi) is 4.47. The lowest BCUT2D eigenvalue weighted by Crippen LogP contribution is -2.14. The minimum absolute atomic E-state index is 0.286. The molecule has 1 aromatic heterocycles. The number of rotatable bonds is 5. The SMILES string of the molecule is COc1ccc(C(=O)COC(=O)c2ccc3nccnc3c2)cc1. The van der Waals surface area contributed by atoms with Gasteiger partial charge in [0.2, 0.25) is 0 Å². The van der Waals surface area contributed by atoms with E-state index in [-0.39, 0.29) is 12.4 Å². The van der Waals surface area contributed by atoms with Crippen molar-refractivity contribution in [3.63, 3.8) is 0 Å². The third kappa shape index (κ3) is 3.38. The molecule has 24 heavy (non-hydrogen) atoms. The highest BCUT2D eigenvalue weighted by atomic mass is 16.5. The van der Waals surface area contributed by atoms with Crippen LogP contribution >= 0.6 is 0 Å². The van der Waals surface area contributed by atoms with E-state index in [1.165, 1.54) is 0 Å². The lowest BCUT2D eigenvalue weighted by Gasteiger charge is -2.06. The molecule has 3 rings (SSSR count). The van der Waals surface area contributed by atoms with Crippen molar-refractivity contribution in [3.8, 4) is 5.75 Å². The first-order valence-electron chi connectivity index (χ1n) is 7.22. The minimum Gasteiger partial charge on any atom is -0.497 e. The van der Waals surface area contributed by atoms with Crippen LogP contribution in [0.15, 0.2) is 54.9 Å². The van der Waals surface area contributed by atoms with Gasteiger partial charge in [0, 0.05) is 18.0 Å². The topological polar surface area (TPSA) is 78.4 Å². The summed E-state index contributed by atoms with van der Waals surface area (Å²) in [6, 6.07) is 11.5. The van der Waals surface area contributed by atoms with Crippen LogP contribution in [0.2, 0.25) is 0 Å². The van der Waals surface area contributed by atoms with Crippen LogP contribution in [0.25, 0.3) is 11.0 Å². The molecule has 0 aliphatic rings. The highest BCUT2D eigenvalue weighted by molar-refractivity contribution is 6.00.